The molecule has 0 N–H and O–H groups in total. The number of hydrogen-bond donors (Lipinski definition) is 0. The number of ketones is 2. The zero-order valence-electron chi connectivity index (χ0n) is 16.1. The molecule has 0 heterocycles. The number of fused-ring (bicyclic) bond motifs is 2. The van der Waals surface area contributed by atoms with Crippen molar-refractivity contribution in [3.8, 4) is 23.7 Å². The molecule has 0 aliphatic heterocycles. The molecule has 0 spiro atoms. The highest BCUT2D eigenvalue weighted by Crippen LogP contribution is 2.31. The van der Waals surface area contributed by atoms with Crippen molar-refractivity contribution >= 4 is 11.6 Å². The Labute approximate surface area is 175 Å². The van der Waals surface area contributed by atoms with Crippen LogP contribution in [0.25, 0.3) is 0 Å². The molecular formula is C28H16O2. The van der Waals surface area contributed by atoms with Gasteiger partial charge in [0.2, 0.25) is 0 Å². The lowest BCUT2D eigenvalue weighted by atomic mass is 9.80. The minimum atomic E-state index is -0.190. The molecule has 3 aliphatic rings. The Bertz CT molecular complexity index is 1210. The second-order valence-electron chi connectivity index (χ2n) is 7.24. The van der Waals surface area contributed by atoms with Crippen molar-refractivity contribution in [1.82, 2.24) is 0 Å². The molecular weight excluding hydrogens is 368 g/mol. The van der Waals surface area contributed by atoms with Gasteiger partial charge in [-0.2, -0.15) is 0 Å². The number of carbonyl (C=O) groups excluding carboxylic acids is 2. The zero-order chi connectivity index (χ0) is 20.5. The van der Waals surface area contributed by atoms with E-state index in [1.165, 1.54) is 0 Å². The number of allylic oxidation sites excluding steroid dienone is 8. The lowest BCUT2D eigenvalue weighted by Crippen LogP contribution is -2.23. The molecule has 2 aromatic carbocycles. The first-order valence-electron chi connectivity index (χ1n) is 9.81. The van der Waals surface area contributed by atoms with Gasteiger partial charge in [-0.05, 0) is 12.1 Å². The Morgan fingerprint density at radius 2 is 1.00 bits per heavy atom. The molecule has 2 aromatic rings. The molecule has 2 heteroatoms. The highest BCUT2D eigenvalue weighted by molar-refractivity contribution is 6.29. The van der Waals surface area contributed by atoms with E-state index in [-0.39, 0.29) is 23.4 Å². The summed E-state index contributed by atoms with van der Waals surface area (Å²) in [6, 6.07) is 10.6. The lowest BCUT2D eigenvalue weighted by molar-refractivity contribution is 0.0978. The second-order valence-corrected chi connectivity index (χ2v) is 7.24. The number of hydrogen-bond acceptors (Lipinski definition) is 2. The van der Waals surface area contributed by atoms with Crippen LogP contribution in [0.5, 0.6) is 0 Å². The van der Waals surface area contributed by atoms with E-state index in [1.807, 2.05) is 48.6 Å². The maximum Gasteiger partial charge on any atom is 0.197 e. The molecule has 0 atom stereocenters. The molecule has 0 amide bonds. The number of carbonyl (C=O) groups is 2. The van der Waals surface area contributed by atoms with E-state index < -0.39 is 0 Å². The van der Waals surface area contributed by atoms with Crippen molar-refractivity contribution in [2.75, 3.05) is 0 Å². The maximum atomic E-state index is 13.5. The van der Waals surface area contributed by atoms with Gasteiger partial charge in [0.05, 0.1) is 11.8 Å². The third-order valence-electron chi connectivity index (χ3n) is 5.32. The van der Waals surface area contributed by atoms with Gasteiger partial charge in [0.1, 0.15) is 0 Å². The first-order chi connectivity index (χ1) is 14.7. The molecule has 0 aromatic heterocycles. The Balaban J connectivity index is 1.62. The van der Waals surface area contributed by atoms with Gasteiger partial charge in [-0.3, -0.25) is 9.59 Å². The van der Waals surface area contributed by atoms with Crippen LogP contribution in [0.3, 0.4) is 0 Å². The largest absolute Gasteiger partial charge is 0.289 e. The number of rotatable bonds is 0. The van der Waals surface area contributed by atoms with Gasteiger partial charge < -0.3 is 0 Å². The van der Waals surface area contributed by atoms with Crippen LogP contribution in [0, 0.1) is 35.5 Å². The minimum absolute atomic E-state index is 0.0245. The average Bonchev–Trinajstić information content (AvgIpc) is 3.48. The van der Waals surface area contributed by atoms with Crippen molar-refractivity contribution in [3.63, 3.8) is 0 Å². The SMILES string of the molecule is O=C1c2cccc(C#CC3C=CC=C3)c2C(=O)c2c(C#CC3C=CC=C3)cccc21. The molecule has 2 nitrogen and oxygen atoms in total. The molecule has 140 valence electrons. The normalized spacial score (nSPS) is 16.1. The molecule has 0 bridgehead atoms. The van der Waals surface area contributed by atoms with Gasteiger partial charge in [-0.15, -0.1) is 0 Å². The monoisotopic (exact) mass is 384 g/mol. The molecule has 0 radical (unpaired) electrons. The predicted octanol–water partition coefficient (Wildman–Crippen LogP) is 4.65. The van der Waals surface area contributed by atoms with Gasteiger partial charge in [0.25, 0.3) is 0 Å². The quantitative estimate of drug-likeness (QED) is 0.529. The van der Waals surface area contributed by atoms with E-state index >= 15 is 0 Å². The Kier molecular flexibility index (Phi) is 4.40. The van der Waals surface area contributed by atoms with E-state index in [0.29, 0.717) is 33.4 Å². The fraction of sp³-hybridized carbons (Fsp3) is 0.0714. The van der Waals surface area contributed by atoms with E-state index in [1.54, 1.807) is 36.4 Å². The van der Waals surface area contributed by atoms with Crippen LogP contribution >= 0.6 is 0 Å². The number of benzene rings is 2. The molecule has 5 rings (SSSR count). The molecule has 3 aliphatic carbocycles. The Hall–Kier alpha value is -4.14. The van der Waals surface area contributed by atoms with Crippen molar-refractivity contribution < 1.29 is 9.59 Å². The highest BCUT2D eigenvalue weighted by atomic mass is 16.1. The third-order valence-corrected chi connectivity index (χ3v) is 5.32. The zero-order valence-corrected chi connectivity index (χ0v) is 16.1. The fourth-order valence-corrected chi connectivity index (χ4v) is 3.83. The van der Waals surface area contributed by atoms with Crippen molar-refractivity contribution in [3.05, 3.63) is 118 Å². The maximum absolute atomic E-state index is 13.5. The minimum Gasteiger partial charge on any atom is -0.289 e. The fourth-order valence-electron chi connectivity index (χ4n) is 3.83. The van der Waals surface area contributed by atoms with E-state index in [0.717, 1.165) is 0 Å². The summed E-state index contributed by atoms with van der Waals surface area (Å²) in [5.41, 5.74) is 2.73. The van der Waals surface area contributed by atoms with Crippen molar-refractivity contribution in [2.45, 2.75) is 0 Å². The van der Waals surface area contributed by atoms with Gasteiger partial charge in [0.15, 0.2) is 11.6 Å². The smallest absolute Gasteiger partial charge is 0.197 e. The summed E-state index contributed by atoms with van der Waals surface area (Å²) in [5, 5.41) is 0. The van der Waals surface area contributed by atoms with Crippen molar-refractivity contribution in [2.24, 2.45) is 11.8 Å². The summed E-state index contributed by atoms with van der Waals surface area (Å²) in [6.07, 6.45) is 15.8. The van der Waals surface area contributed by atoms with Crippen LogP contribution in [0.2, 0.25) is 0 Å². The van der Waals surface area contributed by atoms with Crippen LogP contribution in [0.1, 0.15) is 43.0 Å². The third kappa shape index (κ3) is 3.06. The molecule has 0 unspecified atom stereocenters. The molecule has 0 fully saturated rings. The first-order valence-corrected chi connectivity index (χ1v) is 9.81. The molecule has 0 saturated carbocycles. The van der Waals surface area contributed by atoms with Gasteiger partial charge in [-0.1, -0.05) is 96.6 Å². The lowest BCUT2D eigenvalue weighted by Gasteiger charge is -2.19. The summed E-state index contributed by atoms with van der Waals surface area (Å²) in [6.45, 7) is 0. The Morgan fingerprint density at radius 3 is 1.43 bits per heavy atom. The summed E-state index contributed by atoms with van der Waals surface area (Å²) in [7, 11) is 0. The van der Waals surface area contributed by atoms with Gasteiger partial charge in [-0.25, -0.2) is 0 Å². The van der Waals surface area contributed by atoms with Crippen LogP contribution in [0.15, 0.2) is 85.0 Å². The summed E-state index contributed by atoms with van der Waals surface area (Å²) in [4.78, 5) is 26.7. The Morgan fingerprint density at radius 1 is 0.567 bits per heavy atom. The van der Waals surface area contributed by atoms with Crippen LogP contribution in [0.4, 0.5) is 0 Å². The van der Waals surface area contributed by atoms with Crippen LogP contribution < -0.4 is 0 Å². The van der Waals surface area contributed by atoms with E-state index in [2.05, 4.69) is 23.7 Å². The molecule has 0 saturated heterocycles. The second kappa shape index (κ2) is 7.36. The van der Waals surface area contributed by atoms with Crippen molar-refractivity contribution in [1.29, 1.82) is 0 Å². The summed E-state index contributed by atoms with van der Waals surface area (Å²) in [5.74, 6) is 12.2. The topological polar surface area (TPSA) is 34.1 Å². The van der Waals surface area contributed by atoms with E-state index in [4.69, 9.17) is 0 Å². The van der Waals surface area contributed by atoms with Gasteiger partial charge >= 0.3 is 0 Å². The van der Waals surface area contributed by atoms with Crippen LogP contribution in [-0.2, 0) is 0 Å². The average molecular weight is 384 g/mol. The molecule has 30 heavy (non-hydrogen) atoms. The highest BCUT2D eigenvalue weighted by Gasteiger charge is 2.32. The van der Waals surface area contributed by atoms with Crippen LogP contribution in [-0.4, -0.2) is 11.6 Å². The predicted molar refractivity (Wildman–Crippen MR) is 117 cm³/mol. The van der Waals surface area contributed by atoms with E-state index in [9.17, 15) is 9.59 Å². The summed E-state index contributed by atoms with van der Waals surface area (Å²) < 4.78 is 0. The standard InChI is InChI=1S/C28H16O2/c29-27-23-13-5-11-21(17-15-19-7-1-2-8-19)25(23)28(30)26-22(12-6-14-24(26)27)18-16-20-9-3-4-10-20/h1-14,19-20H. The first kappa shape index (κ1) is 17.9. The van der Waals surface area contributed by atoms with Gasteiger partial charge in [0, 0.05) is 33.4 Å². The summed E-state index contributed by atoms with van der Waals surface area (Å²) >= 11 is 0.